The molecule has 0 aromatic heterocycles. The fourth-order valence-corrected chi connectivity index (χ4v) is 7.13. The maximum absolute atomic E-state index is 13.7. The zero-order valence-electron chi connectivity index (χ0n) is 17.4. The summed E-state index contributed by atoms with van der Waals surface area (Å²) in [4.78, 5) is 39.4. The van der Waals surface area contributed by atoms with Gasteiger partial charge in [0.15, 0.2) is 0 Å². The van der Waals surface area contributed by atoms with E-state index < -0.39 is 11.0 Å². The maximum Gasteiger partial charge on any atom is 0.274 e. The fraction of sp³-hybridized carbons (Fsp3) is 0.652. The number of nitrogens with zero attached hydrogens (tertiary/aromatic N) is 2. The van der Waals surface area contributed by atoms with Crippen molar-refractivity contribution < 1.29 is 14.5 Å². The van der Waals surface area contributed by atoms with Crippen LogP contribution in [0, 0.1) is 40.2 Å². The van der Waals surface area contributed by atoms with Crippen molar-refractivity contribution in [3.05, 3.63) is 33.9 Å². The van der Waals surface area contributed by atoms with Gasteiger partial charge >= 0.3 is 0 Å². The Balaban J connectivity index is 1.34. The van der Waals surface area contributed by atoms with Crippen LogP contribution in [0.15, 0.2) is 18.2 Å². The second kappa shape index (κ2) is 7.06. The highest BCUT2D eigenvalue weighted by molar-refractivity contribution is 5.99. The summed E-state index contributed by atoms with van der Waals surface area (Å²) in [5.41, 5.74) is 0.621. The van der Waals surface area contributed by atoms with E-state index in [0.717, 1.165) is 25.7 Å². The Labute approximate surface area is 176 Å². The highest BCUT2D eigenvalue weighted by atomic mass is 16.6. The molecule has 2 amide bonds. The minimum atomic E-state index is -0.482. The minimum Gasteiger partial charge on any atom is -0.330 e. The van der Waals surface area contributed by atoms with Gasteiger partial charge in [-0.3, -0.25) is 19.7 Å². The first kappa shape index (κ1) is 19.5. The van der Waals surface area contributed by atoms with Crippen LogP contribution in [0.1, 0.15) is 56.9 Å². The Bertz CT molecular complexity index is 876. The first-order valence-electron chi connectivity index (χ1n) is 11.2. The SMILES string of the molecule is Cc1c(NC(=O)C2CCCN2C(=O)C23CC4CC(CC(C4)C2)C3)cccc1[N+](=O)[O-]. The van der Waals surface area contributed by atoms with Gasteiger partial charge in [-0.15, -0.1) is 0 Å². The molecule has 1 atom stereocenters. The van der Waals surface area contributed by atoms with Crippen molar-refractivity contribution in [3.8, 4) is 0 Å². The molecular weight excluding hydrogens is 382 g/mol. The summed E-state index contributed by atoms with van der Waals surface area (Å²) >= 11 is 0. The van der Waals surface area contributed by atoms with Gasteiger partial charge < -0.3 is 10.2 Å². The number of benzene rings is 1. The van der Waals surface area contributed by atoms with Crippen molar-refractivity contribution in [1.82, 2.24) is 4.90 Å². The molecule has 1 heterocycles. The average Bonchev–Trinajstić information content (AvgIpc) is 3.17. The lowest BCUT2D eigenvalue weighted by atomic mass is 9.49. The molecule has 1 aromatic carbocycles. The molecule has 5 aliphatic rings. The number of rotatable bonds is 4. The molecule has 4 bridgehead atoms. The molecule has 1 saturated heterocycles. The van der Waals surface area contributed by atoms with Crippen LogP contribution in [0.4, 0.5) is 11.4 Å². The van der Waals surface area contributed by atoms with Crippen molar-refractivity contribution in [2.45, 2.75) is 64.3 Å². The van der Waals surface area contributed by atoms with E-state index in [1.165, 1.54) is 25.3 Å². The van der Waals surface area contributed by atoms with E-state index in [4.69, 9.17) is 0 Å². The number of carbonyl (C=O) groups excluding carboxylic acids is 2. The topological polar surface area (TPSA) is 92.6 Å². The van der Waals surface area contributed by atoms with Gasteiger partial charge in [0, 0.05) is 12.6 Å². The number of hydrogen-bond acceptors (Lipinski definition) is 4. The maximum atomic E-state index is 13.7. The molecule has 4 aliphatic carbocycles. The number of likely N-dealkylation sites (tertiary alicyclic amines) is 1. The lowest BCUT2D eigenvalue weighted by molar-refractivity contribution is -0.385. The number of amides is 2. The number of nitro groups is 1. The van der Waals surface area contributed by atoms with E-state index >= 15 is 0 Å². The van der Waals surface area contributed by atoms with Gasteiger partial charge in [-0.2, -0.15) is 0 Å². The highest BCUT2D eigenvalue weighted by Gasteiger charge is 2.56. The van der Waals surface area contributed by atoms with Crippen molar-refractivity contribution >= 4 is 23.2 Å². The van der Waals surface area contributed by atoms with Gasteiger partial charge in [0.05, 0.1) is 21.6 Å². The van der Waals surface area contributed by atoms with Crippen molar-refractivity contribution in [2.75, 3.05) is 11.9 Å². The third-order valence-corrected chi connectivity index (χ3v) is 8.07. The molecular formula is C23H29N3O4. The first-order chi connectivity index (χ1) is 14.4. The second-order valence-corrected chi connectivity index (χ2v) is 10.1. The second-order valence-electron chi connectivity index (χ2n) is 10.1. The summed E-state index contributed by atoms with van der Waals surface area (Å²) in [6.07, 6.45) is 8.29. The molecule has 0 spiro atoms. The van der Waals surface area contributed by atoms with Gasteiger partial charge in [-0.25, -0.2) is 0 Å². The van der Waals surface area contributed by atoms with E-state index in [1.807, 2.05) is 4.90 Å². The van der Waals surface area contributed by atoms with Crippen LogP contribution in [0.2, 0.25) is 0 Å². The molecule has 1 unspecified atom stereocenters. The summed E-state index contributed by atoms with van der Waals surface area (Å²) < 4.78 is 0. The van der Waals surface area contributed by atoms with Gasteiger partial charge in [0.1, 0.15) is 6.04 Å². The van der Waals surface area contributed by atoms with E-state index in [-0.39, 0.29) is 22.9 Å². The Morgan fingerprint density at radius 1 is 1.13 bits per heavy atom. The van der Waals surface area contributed by atoms with Crippen molar-refractivity contribution in [3.63, 3.8) is 0 Å². The number of anilines is 1. The van der Waals surface area contributed by atoms with Crippen LogP contribution in [-0.2, 0) is 9.59 Å². The Kier molecular flexibility index (Phi) is 4.60. The molecule has 30 heavy (non-hydrogen) atoms. The van der Waals surface area contributed by atoms with Crippen LogP contribution >= 0.6 is 0 Å². The van der Waals surface area contributed by atoms with Crippen LogP contribution in [0.5, 0.6) is 0 Å². The molecule has 7 nitrogen and oxygen atoms in total. The average molecular weight is 412 g/mol. The summed E-state index contributed by atoms with van der Waals surface area (Å²) in [7, 11) is 0. The first-order valence-corrected chi connectivity index (χ1v) is 11.2. The molecule has 1 N–H and O–H groups in total. The summed E-state index contributed by atoms with van der Waals surface area (Å²) in [6.45, 7) is 2.27. The quantitative estimate of drug-likeness (QED) is 0.598. The molecule has 7 heteroatoms. The van der Waals surface area contributed by atoms with Crippen LogP contribution in [0.25, 0.3) is 0 Å². The molecule has 4 saturated carbocycles. The molecule has 6 rings (SSSR count). The van der Waals surface area contributed by atoms with Crippen molar-refractivity contribution in [2.24, 2.45) is 23.2 Å². The Hall–Kier alpha value is -2.44. The lowest BCUT2D eigenvalue weighted by Gasteiger charge is -2.56. The Morgan fingerprint density at radius 3 is 2.37 bits per heavy atom. The molecule has 1 aliphatic heterocycles. The monoisotopic (exact) mass is 411 g/mol. The normalized spacial score (nSPS) is 34.2. The summed E-state index contributed by atoms with van der Waals surface area (Å²) in [5.74, 6) is 2.01. The van der Waals surface area contributed by atoms with Crippen molar-refractivity contribution in [1.29, 1.82) is 0 Å². The van der Waals surface area contributed by atoms with Gasteiger partial charge in [-0.1, -0.05) is 6.07 Å². The minimum absolute atomic E-state index is 0.0132. The standard InChI is InChI=1S/C23H29N3O4/c1-14-18(4-2-5-19(14)26(29)30)24-21(27)20-6-3-7-25(20)22(28)23-11-15-8-16(12-23)10-17(9-15)13-23/h2,4-5,15-17,20H,3,6-13H2,1H3,(H,24,27). The van der Waals surface area contributed by atoms with Gasteiger partial charge in [0.25, 0.3) is 5.69 Å². The largest absolute Gasteiger partial charge is 0.330 e. The molecule has 160 valence electrons. The molecule has 5 fully saturated rings. The summed E-state index contributed by atoms with van der Waals surface area (Å²) in [5, 5.41) is 14.1. The smallest absolute Gasteiger partial charge is 0.274 e. The van der Waals surface area contributed by atoms with E-state index in [9.17, 15) is 19.7 Å². The van der Waals surface area contributed by atoms with Crippen LogP contribution in [-0.4, -0.2) is 34.2 Å². The van der Waals surface area contributed by atoms with Crippen LogP contribution < -0.4 is 5.32 Å². The van der Waals surface area contributed by atoms with E-state index in [2.05, 4.69) is 5.32 Å². The third-order valence-electron chi connectivity index (χ3n) is 8.07. The van der Waals surface area contributed by atoms with Gasteiger partial charge in [0.2, 0.25) is 11.8 Å². The number of nitrogens with one attached hydrogen (secondary N) is 1. The van der Waals surface area contributed by atoms with E-state index in [1.54, 1.807) is 19.1 Å². The van der Waals surface area contributed by atoms with Crippen LogP contribution in [0.3, 0.4) is 0 Å². The number of nitro benzene ring substituents is 1. The predicted molar refractivity (Wildman–Crippen MR) is 112 cm³/mol. The zero-order valence-corrected chi connectivity index (χ0v) is 17.4. The third kappa shape index (κ3) is 3.10. The fourth-order valence-electron chi connectivity index (χ4n) is 7.13. The lowest BCUT2D eigenvalue weighted by Crippen LogP contribution is -2.56. The number of carbonyl (C=O) groups is 2. The van der Waals surface area contributed by atoms with E-state index in [0.29, 0.717) is 42.0 Å². The predicted octanol–water partition coefficient (Wildman–Crippen LogP) is 4.05. The summed E-state index contributed by atoms with van der Waals surface area (Å²) in [6, 6.07) is 4.21. The highest BCUT2D eigenvalue weighted by Crippen LogP contribution is 2.60. The zero-order chi connectivity index (χ0) is 21.0. The van der Waals surface area contributed by atoms with Gasteiger partial charge in [-0.05, 0) is 82.1 Å². The molecule has 0 radical (unpaired) electrons. The number of hydrogen-bond donors (Lipinski definition) is 1. The Morgan fingerprint density at radius 2 is 1.77 bits per heavy atom. The molecule has 1 aromatic rings.